The lowest BCUT2D eigenvalue weighted by Crippen LogP contribution is -2.50. The van der Waals surface area contributed by atoms with Crippen LogP contribution in [0.2, 0.25) is 0 Å². The second-order valence-electron chi connectivity index (χ2n) is 6.22. The summed E-state index contributed by atoms with van der Waals surface area (Å²) in [6.45, 7) is 10.6. The van der Waals surface area contributed by atoms with E-state index in [0.29, 0.717) is 6.54 Å². The van der Waals surface area contributed by atoms with Crippen LogP contribution in [0.1, 0.15) is 43.5 Å². The molecule has 0 saturated carbocycles. The van der Waals surface area contributed by atoms with Crippen molar-refractivity contribution in [1.29, 1.82) is 0 Å². The molecule has 1 rings (SSSR count). The zero-order valence-corrected chi connectivity index (χ0v) is 14.1. The van der Waals surface area contributed by atoms with Crippen LogP contribution in [-0.4, -0.2) is 26.8 Å². The lowest BCUT2D eigenvalue weighted by molar-refractivity contribution is 0.398. The lowest BCUT2D eigenvalue weighted by atomic mass is 9.99. The molecule has 0 fully saturated rings. The Morgan fingerprint density at radius 2 is 1.85 bits per heavy atom. The third kappa shape index (κ3) is 5.61. The van der Waals surface area contributed by atoms with Crippen LogP contribution < -0.4 is 10.0 Å². The van der Waals surface area contributed by atoms with E-state index in [4.69, 9.17) is 0 Å². The van der Waals surface area contributed by atoms with Gasteiger partial charge in [0.25, 0.3) is 0 Å². The average molecular weight is 298 g/mol. The molecule has 0 aliphatic heterocycles. The van der Waals surface area contributed by atoms with E-state index in [1.165, 1.54) is 22.9 Å². The molecule has 0 aliphatic carbocycles. The molecule has 1 unspecified atom stereocenters. The summed E-state index contributed by atoms with van der Waals surface area (Å²) >= 11 is 0. The van der Waals surface area contributed by atoms with E-state index in [-0.39, 0.29) is 6.04 Å². The van der Waals surface area contributed by atoms with E-state index in [2.05, 4.69) is 49.0 Å². The predicted octanol–water partition coefficient (Wildman–Crippen LogP) is 2.28. The minimum atomic E-state index is -3.20. The maximum Gasteiger partial charge on any atom is 0.209 e. The molecule has 0 spiro atoms. The Bertz CT molecular complexity index is 565. The van der Waals surface area contributed by atoms with Crippen molar-refractivity contribution in [2.45, 2.75) is 46.2 Å². The van der Waals surface area contributed by atoms with Crippen molar-refractivity contribution in [3.63, 3.8) is 0 Å². The second kappa shape index (κ2) is 6.24. The van der Waals surface area contributed by atoms with Crippen LogP contribution >= 0.6 is 0 Å². The molecule has 0 aromatic heterocycles. The zero-order valence-electron chi connectivity index (χ0n) is 13.2. The van der Waals surface area contributed by atoms with Gasteiger partial charge in [0, 0.05) is 18.1 Å². The fourth-order valence-corrected chi connectivity index (χ4v) is 3.44. The van der Waals surface area contributed by atoms with Crippen molar-refractivity contribution < 1.29 is 8.42 Å². The van der Waals surface area contributed by atoms with Crippen LogP contribution in [-0.2, 0) is 10.0 Å². The summed E-state index contributed by atoms with van der Waals surface area (Å²) in [5.74, 6) is 0. The minimum Gasteiger partial charge on any atom is -0.308 e. The summed E-state index contributed by atoms with van der Waals surface area (Å²) in [7, 11) is -3.20. The van der Waals surface area contributed by atoms with E-state index in [1.807, 2.05) is 13.8 Å². The molecule has 0 aliphatic rings. The molecule has 114 valence electrons. The normalized spacial score (nSPS) is 14.3. The van der Waals surface area contributed by atoms with E-state index < -0.39 is 15.6 Å². The molecule has 0 bridgehead atoms. The topological polar surface area (TPSA) is 58.2 Å². The van der Waals surface area contributed by atoms with Gasteiger partial charge in [0.2, 0.25) is 10.0 Å². The Labute approximate surface area is 123 Å². The van der Waals surface area contributed by atoms with Crippen LogP contribution in [0.3, 0.4) is 0 Å². The highest BCUT2D eigenvalue weighted by atomic mass is 32.2. The molecule has 1 atom stereocenters. The summed E-state index contributed by atoms with van der Waals surface area (Å²) in [6, 6.07) is 6.56. The first-order chi connectivity index (χ1) is 9.00. The van der Waals surface area contributed by atoms with Crippen molar-refractivity contribution in [2.75, 3.05) is 12.8 Å². The average Bonchev–Trinajstić information content (AvgIpc) is 2.22. The molecule has 0 amide bonds. The number of benzene rings is 1. The molecule has 0 radical (unpaired) electrons. The van der Waals surface area contributed by atoms with Gasteiger partial charge in [0.15, 0.2) is 0 Å². The van der Waals surface area contributed by atoms with Crippen molar-refractivity contribution in [3.8, 4) is 0 Å². The number of sulfonamides is 1. The van der Waals surface area contributed by atoms with Crippen molar-refractivity contribution in [1.82, 2.24) is 10.0 Å². The number of hydrogen-bond donors (Lipinski definition) is 2. The monoisotopic (exact) mass is 298 g/mol. The standard InChI is InChI=1S/C15H26N2O2S/c1-11-7-8-14(12(2)9-11)13(3)16-10-15(4,5)17-20(6,18)19/h7-9,13,16-17H,10H2,1-6H3. The maximum atomic E-state index is 11.3. The number of hydrogen-bond acceptors (Lipinski definition) is 3. The summed E-state index contributed by atoms with van der Waals surface area (Å²) in [5, 5.41) is 3.40. The largest absolute Gasteiger partial charge is 0.308 e. The van der Waals surface area contributed by atoms with Crippen LogP contribution in [0.15, 0.2) is 18.2 Å². The summed E-state index contributed by atoms with van der Waals surface area (Å²) < 4.78 is 25.3. The van der Waals surface area contributed by atoms with Gasteiger partial charge in [-0.25, -0.2) is 13.1 Å². The Balaban J connectivity index is 2.69. The van der Waals surface area contributed by atoms with Crippen molar-refractivity contribution in [2.24, 2.45) is 0 Å². The molecule has 4 nitrogen and oxygen atoms in total. The molecule has 0 saturated heterocycles. The van der Waals surface area contributed by atoms with Gasteiger partial charge in [-0.15, -0.1) is 0 Å². The minimum absolute atomic E-state index is 0.177. The quantitative estimate of drug-likeness (QED) is 0.847. The molecule has 1 aromatic rings. The van der Waals surface area contributed by atoms with Crippen LogP contribution in [0.4, 0.5) is 0 Å². The third-order valence-corrected chi connectivity index (χ3v) is 4.13. The lowest BCUT2D eigenvalue weighted by Gasteiger charge is -2.28. The summed E-state index contributed by atoms with van der Waals surface area (Å²) in [6.07, 6.45) is 1.18. The van der Waals surface area contributed by atoms with Gasteiger partial charge in [-0.3, -0.25) is 0 Å². The third-order valence-electron chi connectivity index (χ3n) is 3.20. The molecule has 20 heavy (non-hydrogen) atoms. The Morgan fingerprint density at radius 1 is 1.25 bits per heavy atom. The van der Waals surface area contributed by atoms with Gasteiger partial charge in [-0.2, -0.15) is 0 Å². The van der Waals surface area contributed by atoms with Crippen molar-refractivity contribution in [3.05, 3.63) is 34.9 Å². The highest BCUT2D eigenvalue weighted by Gasteiger charge is 2.22. The zero-order chi connectivity index (χ0) is 15.6. The summed E-state index contributed by atoms with van der Waals surface area (Å²) in [4.78, 5) is 0. The van der Waals surface area contributed by atoms with E-state index in [9.17, 15) is 8.42 Å². The first-order valence-electron chi connectivity index (χ1n) is 6.80. The van der Waals surface area contributed by atoms with Gasteiger partial charge in [0.1, 0.15) is 0 Å². The van der Waals surface area contributed by atoms with Gasteiger partial charge >= 0.3 is 0 Å². The highest BCUT2D eigenvalue weighted by Crippen LogP contribution is 2.19. The molecular formula is C15H26N2O2S. The number of nitrogens with one attached hydrogen (secondary N) is 2. The van der Waals surface area contributed by atoms with E-state index in [1.54, 1.807) is 0 Å². The molecule has 2 N–H and O–H groups in total. The van der Waals surface area contributed by atoms with Gasteiger partial charge in [-0.05, 0) is 45.7 Å². The van der Waals surface area contributed by atoms with Crippen molar-refractivity contribution >= 4 is 10.0 Å². The molecular weight excluding hydrogens is 272 g/mol. The molecule has 1 aromatic carbocycles. The highest BCUT2D eigenvalue weighted by molar-refractivity contribution is 7.88. The first kappa shape index (κ1) is 17.1. The van der Waals surface area contributed by atoms with Crippen LogP contribution in [0.25, 0.3) is 0 Å². The fraction of sp³-hybridized carbons (Fsp3) is 0.600. The van der Waals surface area contributed by atoms with Gasteiger partial charge < -0.3 is 5.32 Å². The SMILES string of the molecule is Cc1ccc(C(C)NCC(C)(C)NS(C)(=O)=O)c(C)c1. The second-order valence-corrected chi connectivity index (χ2v) is 7.97. The Kier molecular flexibility index (Phi) is 5.35. The van der Waals surface area contributed by atoms with Gasteiger partial charge in [-0.1, -0.05) is 23.8 Å². The molecule has 0 heterocycles. The van der Waals surface area contributed by atoms with Crippen LogP contribution in [0.5, 0.6) is 0 Å². The number of rotatable bonds is 6. The summed E-state index contributed by atoms with van der Waals surface area (Å²) in [5.41, 5.74) is 3.22. The fourth-order valence-electron chi connectivity index (χ4n) is 2.37. The number of aryl methyl sites for hydroxylation is 2. The van der Waals surface area contributed by atoms with Crippen LogP contribution in [0, 0.1) is 13.8 Å². The molecule has 5 heteroatoms. The first-order valence-corrected chi connectivity index (χ1v) is 8.69. The Morgan fingerprint density at radius 3 is 2.35 bits per heavy atom. The predicted molar refractivity (Wildman–Crippen MR) is 84.4 cm³/mol. The van der Waals surface area contributed by atoms with E-state index in [0.717, 1.165) is 0 Å². The van der Waals surface area contributed by atoms with E-state index >= 15 is 0 Å². The van der Waals surface area contributed by atoms with Gasteiger partial charge in [0.05, 0.1) is 6.26 Å². The maximum absolute atomic E-state index is 11.3. The Hall–Kier alpha value is -0.910. The smallest absolute Gasteiger partial charge is 0.209 e.